The van der Waals surface area contributed by atoms with Crippen LogP contribution in [0.3, 0.4) is 0 Å². The van der Waals surface area contributed by atoms with Gasteiger partial charge >= 0.3 is 0 Å². The molecule has 2 nitrogen and oxygen atoms in total. The lowest BCUT2D eigenvalue weighted by molar-refractivity contribution is 0.0697. The van der Waals surface area contributed by atoms with Gasteiger partial charge in [0, 0.05) is 11.6 Å². The summed E-state index contributed by atoms with van der Waals surface area (Å²) in [7, 11) is 4.33. The second-order valence-corrected chi connectivity index (χ2v) is 6.81. The van der Waals surface area contributed by atoms with Crippen LogP contribution >= 0.6 is 0 Å². The Kier molecular flexibility index (Phi) is 5.03. The van der Waals surface area contributed by atoms with Crippen LogP contribution in [0, 0.1) is 17.8 Å². The fourth-order valence-corrected chi connectivity index (χ4v) is 3.66. The predicted octanol–water partition coefficient (Wildman–Crippen LogP) is 3.12. The van der Waals surface area contributed by atoms with Crippen molar-refractivity contribution in [1.82, 2.24) is 4.90 Å². The third kappa shape index (κ3) is 3.23. The molecule has 4 atom stereocenters. The van der Waals surface area contributed by atoms with E-state index in [9.17, 15) is 0 Å². The molecule has 0 spiro atoms. The van der Waals surface area contributed by atoms with E-state index in [0.29, 0.717) is 12.0 Å². The van der Waals surface area contributed by atoms with Crippen molar-refractivity contribution >= 4 is 0 Å². The van der Waals surface area contributed by atoms with Crippen LogP contribution in [-0.4, -0.2) is 30.6 Å². The molecule has 102 valence electrons. The fourth-order valence-electron chi connectivity index (χ4n) is 3.66. The second kappa shape index (κ2) is 5.71. The van der Waals surface area contributed by atoms with Gasteiger partial charge in [0.25, 0.3) is 0 Å². The monoisotopic (exact) mass is 240 g/mol. The van der Waals surface area contributed by atoms with Crippen LogP contribution < -0.4 is 5.73 Å². The van der Waals surface area contributed by atoms with Gasteiger partial charge in [0.1, 0.15) is 0 Å². The highest BCUT2D eigenvalue weighted by atomic mass is 15.2. The molecule has 0 bridgehead atoms. The first-order valence-electron chi connectivity index (χ1n) is 7.24. The van der Waals surface area contributed by atoms with Crippen LogP contribution in [0.4, 0.5) is 0 Å². The molecule has 1 rings (SSSR count). The van der Waals surface area contributed by atoms with Gasteiger partial charge in [0.2, 0.25) is 0 Å². The van der Waals surface area contributed by atoms with E-state index >= 15 is 0 Å². The SMILES string of the molecule is CCC(C)(C(N)C1CC(C)CC(C)C1)N(C)C. The quantitative estimate of drug-likeness (QED) is 0.818. The Morgan fingerprint density at radius 2 is 1.65 bits per heavy atom. The van der Waals surface area contributed by atoms with Gasteiger partial charge in [0.05, 0.1) is 0 Å². The molecular formula is C15H32N2. The highest BCUT2D eigenvalue weighted by molar-refractivity contribution is 4.97. The van der Waals surface area contributed by atoms with Crippen LogP contribution in [0.1, 0.15) is 53.4 Å². The summed E-state index contributed by atoms with van der Waals surface area (Å²) in [5, 5.41) is 0. The lowest BCUT2D eigenvalue weighted by atomic mass is 9.69. The summed E-state index contributed by atoms with van der Waals surface area (Å²) in [6.45, 7) is 9.35. The van der Waals surface area contributed by atoms with Crippen LogP contribution in [0.2, 0.25) is 0 Å². The number of rotatable bonds is 4. The third-order valence-electron chi connectivity index (χ3n) is 5.18. The Hall–Kier alpha value is -0.0800. The van der Waals surface area contributed by atoms with E-state index in [4.69, 9.17) is 5.73 Å². The zero-order chi connectivity index (χ0) is 13.2. The largest absolute Gasteiger partial charge is 0.326 e. The van der Waals surface area contributed by atoms with Crippen molar-refractivity contribution in [3.05, 3.63) is 0 Å². The maximum Gasteiger partial charge on any atom is 0.0326 e. The Balaban J connectivity index is 2.77. The summed E-state index contributed by atoms with van der Waals surface area (Å²) in [6, 6.07) is 0.299. The molecule has 0 amide bonds. The zero-order valence-corrected chi connectivity index (χ0v) is 12.7. The lowest BCUT2D eigenvalue weighted by Gasteiger charge is -2.47. The molecule has 1 aliphatic rings. The molecule has 2 N–H and O–H groups in total. The Labute approximate surface area is 108 Å². The van der Waals surface area contributed by atoms with Gasteiger partial charge in [-0.15, -0.1) is 0 Å². The first-order valence-corrected chi connectivity index (χ1v) is 7.24. The molecule has 0 aromatic heterocycles. The van der Waals surface area contributed by atoms with Crippen molar-refractivity contribution in [1.29, 1.82) is 0 Å². The van der Waals surface area contributed by atoms with E-state index in [1.165, 1.54) is 19.3 Å². The summed E-state index contributed by atoms with van der Waals surface area (Å²) in [5.41, 5.74) is 6.76. The van der Waals surface area contributed by atoms with E-state index in [2.05, 4.69) is 46.7 Å². The Morgan fingerprint density at radius 1 is 1.18 bits per heavy atom. The summed E-state index contributed by atoms with van der Waals surface area (Å²) in [6.07, 6.45) is 5.14. The van der Waals surface area contributed by atoms with Gasteiger partial charge in [-0.25, -0.2) is 0 Å². The summed E-state index contributed by atoms with van der Waals surface area (Å²) in [5.74, 6) is 2.39. The van der Waals surface area contributed by atoms with Crippen LogP contribution in [0.25, 0.3) is 0 Å². The number of hydrogen-bond acceptors (Lipinski definition) is 2. The molecule has 1 aliphatic carbocycles. The van der Waals surface area contributed by atoms with Crippen LogP contribution in [0.5, 0.6) is 0 Å². The van der Waals surface area contributed by atoms with Gasteiger partial charge in [-0.2, -0.15) is 0 Å². The van der Waals surface area contributed by atoms with Crippen molar-refractivity contribution in [2.45, 2.75) is 65.0 Å². The van der Waals surface area contributed by atoms with Crippen molar-refractivity contribution < 1.29 is 0 Å². The van der Waals surface area contributed by atoms with Crippen molar-refractivity contribution in [2.24, 2.45) is 23.5 Å². The van der Waals surface area contributed by atoms with E-state index in [1.54, 1.807) is 0 Å². The fraction of sp³-hybridized carbons (Fsp3) is 1.00. The predicted molar refractivity (Wildman–Crippen MR) is 76.0 cm³/mol. The first kappa shape index (κ1) is 15.0. The van der Waals surface area contributed by atoms with E-state index in [1.807, 2.05) is 0 Å². The molecule has 1 fully saturated rings. The maximum atomic E-state index is 6.62. The van der Waals surface area contributed by atoms with Crippen molar-refractivity contribution in [3.8, 4) is 0 Å². The molecule has 0 saturated heterocycles. The molecule has 0 heterocycles. The number of nitrogens with zero attached hydrogens (tertiary/aromatic N) is 1. The summed E-state index contributed by atoms with van der Waals surface area (Å²) < 4.78 is 0. The molecule has 1 saturated carbocycles. The normalized spacial score (nSPS) is 35.6. The smallest absolute Gasteiger partial charge is 0.0326 e. The second-order valence-electron chi connectivity index (χ2n) is 6.81. The van der Waals surface area contributed by atoms with E-state index in [-0.39, 0.29) is 5.54 Å². The molecular weight excluding hydrogens is 208 g/mol. The molecule has 0 aromatic rings. The van der Waals surface area contributed by atoms with Crippen LogP contribution in [-0.2, 0) is 0 Å². The number of nitrogens with two attached hydrogens (primary N) is 1. The number of likely N-dealkylation sites (N-methyl/N-ethyl adjacent to an activating group) is 1. The third-order valence-corrected chi connectivity index (χ3v) is 5.18. The molecule has 0 aromatic carbocycles. The molecule has 2 heteroatoms. The molecule has 0 radical (unpaired) electrons. The van der Waals surface area contributed by atoms with E-state index < -0.39 is 0 Å². The van der Waals surface area contributed by atoms with Crippen molar-refractivity contribution in [2.75, 3.05) is 14.1 Å². The Bertz CT molecular complexity index is 229. The van der Waals surface area contributed by atoms with Crippen LogP contribution in [0.15, 0.2) is 0 Å². The van der Waals surface area contributed by atoms with Gasteiger partial charge in [0.15, 0.2) is 0 Å². The van der Waals surface area contributed by atoms with Gasteiger partial charge in [-0.1, -0.05) is 20.8 Å². The Morgan fingerprint density at radius 3 is 2.00 bits per heavy atom. The average Bonchev–Trinajstić information content (AvgIpc) is 2.25. The standard InChI is InChI=1S/C15H32N2/c1-7-15(4,17(5)6)14(16)13-9-11(2)8-12(3)10-13/h11-14H,7-10,16H2,1-6H3. The lowest BCUT2D eigenvalue weighted by Crippen LogP contribution is -2.58. The highest BCUT2D eigenvalue weighted by Gasteiger charge is 2.39. The molecule has 4 unspecified atom stereocenters. The van der Waals surface area contributed by atoms with Gasteiger partial charge in [-0.3, -0.25) is 0 Å². The zero-order valence-electron chi connectivity index (χ0n) is 12.7. The highest BCUT2D eigenvalue weighted by Crippen LogP contribution is 2.38. The summed E-state index contributed by atoms with van der Waals surface area (Å²) in [4.78, 5) is 2.32. The van der Waals surface area contributed by atoms with E-state index in [0.717, 1.165) is 18.3 Å². The first-order chi connectivity index (χ1) is 7.81. The summed E-state index contributed by atoms with van der Waals surface area (Å²) >= 11 is 0. The van der Waals surface area contributed by atoms with Gasteiger partial charge in [-0.05, 0) is 64.5 Å². The van der Waals surface area contributed by atoms with Crippen molar-refractivity contribution in [3.63, 3.8) is 0 Å². The topological polar surface area (TPSA) is 29.3 Å². The minimum absolute atomic E-state index is 0.140. The molecule has 0 aliphatic heterocycles. The average molecular weight is 240 g/mol. The molecule has 17 heavy (non-hydrogen) atoms. The minimum Gasteiger partial charge on any atom is -0.326 e. The van der Waals surface area contributed by atoms with Gasteiger partial charge < -0.3 is 10.6 Å². The number of hydrogen-bond donors (Lipinski definition) is 1. The maximum absolute atomic E-state index is 6.62. The minimum atomic E-state index is 0.140.